The van der Waals surface area contributed by atoms with Crippen molar-refractivity contribution in [2.75, 3.05) is 0 Å². The molecule has 2 N–H and O–H groups in total. The molecule has 1 aromatic heterocycles. The lowest BCUT2D eigenvalue weighted by Crippen LogP contribution is -2.47. The molecule has 26 heavy (non-hydrogen) atoms. The molecule has 1 atom stereocenters. The summed E-state index contributed by atoms with van der Waals surface area (Å²) in [5.41, 5.74) is 4.80. The zero-order valence-corrected chi connectivity index (χ0v) is 15.5. The van der Waals surface area contributed by atoms with Crippen LogP contribution in [0.25, 0.3) is 11.3 Å². The van der Waals surface area contributed by atoms with Crippen LogP contribution in [-0.2, 0) is 6.18 Å². The van der Waals surface area contributed by atoms with Crippen molar-refractivity contribution in [1.29, 1.82) is 0 Å². The number of rotatable bonds is 6. The zero-order valence-electron chi connectivity index (χ0n) is 14.8. The highest BCUT2D eigenvalue weighted by Gasteiger charge is 2.37. The van der Waals surface area contributed by atoms with Crippen LogP contribution < -0.4 is 10.5 Å². The van der Waals surface area contributed by atoms with E-state index in [9.17, 15) is 13.2 Å². The molecule has 2 aromatic rings. The van der Waals surface area contributed by atoms with E-state index >= 15 is 0 Å². The molecule has 142 valence electrons. The molecule has 0 amide bonds. The maximum Gasteiger partial charge on any atom is 0.419 e. The Morgan fingerprint density at radius 3 is 2.50 bits per heavy atom. The normalized spacial score (nSPS) is 13.5. The van der Waals surface area contributed by atoms with E-state index in [0.29, 0.717) is 12.1 Å². The Bertz CT molecular complexity index is 766. The van der Waals surface area contributed by atoms with Gasteiger partial charge in [-0.05, 0) is 56.1 Å². The van der Waals surface area contributed by atoms with Gasteiger partial charge in [0, 0.05) is 17.8 Å². The molecule has 0 saturated heterocycles. The minimum Gasteiger partial charge on any atom is -0.486 e. The molecule has 0 aliphatic carbocycles. The fourth-order valence-electron chi connectivity index (χ4n) is 2.51. The van der Waals surface area contributed by atoms with Gasteiger partial charge in [-0.1, -0.05) is 13.3 Å². The topological polar surface area (TPSA) is 61.0 Å². The van der Waals surface area contributed by atoms with E-state index in [2.05, 4.69) is 9.97 Å². The van der Waals surface area contributed by atoms with Crippen LogP contribution in [0, 0.1) is 0 Å². The lowest BCUT2D eigenvalue weighted by Gasteiger charge is -2.33. The summed E-state index contributed by atoms with van der Waals surface area (Å²) < 4.78 is 46.4. The monoisotopic (exact) mass is 387 g/mol. The number of ether oxygens (including phenoxy) is 1. The van der Waals surface area contributed by atoms with Crippen molar-refractivity contribution in [2.24, 2.45) is 5.73 Å². The SMILES string of the molecule is CCC[C@H](N)C(C)(C)Oc1ccc(-c2ccnc(Cl)n2)cc1C(F)(F)F. The first-order chi connectivity index (χ1) is 12.0. The highest BCUT2D eigenvalue weighted by Crippen LogP contribution is 2.40. The van der Waals surface area contributed by atoms with Crippen molar-refractivity contribution in [3.05, 3.63) is 41.3 Å². The molecule has 0 unspecified atom stereocenters. The molecule has 0 fully saturated rings. The Kier molecular flexibility index (Phi) is 6.13. The maximum atomic E-state index is 13.6. The molecular weight excluding hydrogens is 367 g/mol. The van der Waals surface area contributed by atoms with Gasteiger partial charge in [0.2, 0.25) is 5.28 Å². The lowest BCUT2D eigenvalue weighted by molar-refractivity contribution is -0.140. The first-order valence-electron chi connectivity index (χ1n) is 8.19. The summed E-state index contributed by atoms with van der Waals surface area (Å²) in [6.07, 6.45) is -1.75. The fraction of sp³-hybridized carbons (Fsp3) is 0.444. The Hall–Kier alpha value is -1.86. The Morgan fingerprint density at radius 1 is 1.23 bits per heavy atom. The summed E-state index contributed by atoms with van der Waals surface area (Å²) in [4.78, 5) is 7.68. The van der Waals surface area contributed by atoms with Crippen LogP contribution in [0.15, 0.2) is 30.5 Å². The van der Waals surface area contributed by atoms with Gasteiger partial charge in [-0.2, -0.15) is 13.2 Å². The molecule has 0 radical (unpaired) electrons. The van der Waals surface area contributed by atoms with Crippen molar-refractivity contribution < 1.29 is 17.9 Å². The summed E-state index contributed by atoms with van der Waals surface area (Å²) in [6.45, 7) is 5.33. The van der Waals surface area contributed by atoms with Crippen LogP contribution in [0.1, 0.15) is 39.2 Å². The number of benzene rings is 1. The summed E-state index contributed by atoms with van der Waals surface area (Å²) in [5, 5.41) is -0.0388. The van der Waals surface area contributed by atoms with Gasteiger partial charge in [0.25, 0.3) is 0 Å². The predicted octanol–water partition coefficient (Wildman–Crippen LogP) is 5.10. The molecule has 1 heterocycles. The molecule has 2 rings (SSSR count). The molecule has 4 nitrogen and oxygen atoms in total. The Balaban J connectivity index is 2.44. The molecule has 1 aromatic carbocycles. The Labute approximate surface area is 155 Å². The Morgan fingerprint density at radius 2 is 1.92 bits per heavy atom. The molecule has 8 heteroatoms. The van der Waals surface area contributed by atoms with Gasteiger partial charge in [0.05, 0.1) is 11.3 Å². The third-order valence-corrected chi connectivity index (χ3v) is 4.25. The predicted molar refractivity (Wildman–Crippen MR) is 95.1 cm³/mol. The first-order valence-corrected chi connectivity index (χ1v) is 8.57. The van der Waals surface area contributed by atoms with Crippen LogP contribution in [0.5, 0.6) is 5.75 Å². The van der Waals surface area contributed by atoms with Crippen LogP contribution >= 0.6 is 11.6 Å². The maximum absolute atomic E-state index is 13.6. The van der Waals surface area contributed by atoms with Gasteiger partial charge in [-0.15, -0.1) is 0 Å². The van der Waals surface area contributed by atoms with Crippen LogP contribution in [0.4, 0.5) is 13.2 Å². The third-order valence-electron chi connectivity index (χ3n) is 4.07. The minimum absolute atomic E-state index is 0.0388. The van der Waals surface area contributed by atoms with Crippen LogP contribution in [-0.4, -0.2) is 21.6 Å². The molecule has 0 saturated carbocycles. The molecule has 0 aliphatic rings. The largest absolute Gasteiger partial charge is 0.486 e. The van der Waals surface area contributed by atoms with E-state index in [1.165, 1.54) is 24.4 Å². The van der Waals surface area contributed by atoms with E-state index in [-0.39, 0.29) is 16.6 Å². The number of alkyl halides is 3. The van der Waals surface area contributed by atoms with Crippen LogP contribution in [0.2, 0.25) is 5.28 Å². The number of nitrogens with two attached hydrogens (primary N) is 1. The van der Waals surface area contributed by atoms with E-state index in [4.69, 9.17) is 22.1 Å². The van der Waals surface area contributed by atoms with Crippen molar-refractivity contribution in [3.8, 4) is 17.0 Å². The summed E-state index contributed by atoms with van der Waals surface area (Å²) >= 11 is 5.72. The minimum atomic E-state index is -4.59. The second-order valence-corrected chi connectivity index (χ2v) is 6.86. The number of halogens is 4. The van der Waals surface area contributed by atoms with Gasteiger partial charge in [-0.25, -0.2) is 9.97 Å². The highest BCUT2D eigenvalue weighted by molar-refractivity contribution is 6.28. The molecule has 0 bridgehead atoms. The second-order valence-electron chi connectivity index (χ2n) is 6.52. The standard InChI is InChI=1S/C18H21ClF3N3O/c1-4-5-15(23)17(2,3)26-14-7-6-11(10-12(14)18(20,21)22)13-8-9-24-16(19)25-13/h6-10,15H,4-5,23H2,1-3H3/t15-/m0/s1. The molecule has 0 spiro atoms. The molecular formula is C18H21ClF3N3O. The number of hydrogen-bond donors (Lipinski definition) is 1. The summed E-state index contributed by atoms with van der Waals surface area (Å²) in [7, 11) is 0. The smallest absolute Gasteiger partial charge is 0.419 e. The van der Waals surface area contributed by atoms with Crippen molar-refractivity contribution in [1.82, 2.24) is 9.97 Å². The highest BCUT2D eigenvalue weighted by atomic mass is 35.5. The van der Waals surface area contributed by atoms with Gasteiger partial charge >= 0.3 is 6.18 Å². The summed E-state index contributed by atoms with van der Waals surface area (Å²) in [5.74, 6) is -0.266. The molecule has 0 aliphatic heterocycles. The zero-order chi connectivity index (χ0) is 19.5. The van der Waals surface area contributed by atoms with Gasteiger partial charge in [0.1, 0.15) is 11.4 Å². The van der Waals surface area contributed by atoms with Gasteiger partial charge < -0.3 is 10.5 Å². The van der Waals surface area contributed by atoms with Gasteiger partial charge in [-0.3, -0.25) is 0 Å². The summed E-state index contributed by atoms with van der Waals surface area (Å²) in [6, 6.07) is 4.88. The van der Waals surface area contributed by atoms with Crippen molar-refractivity contribution in [3.63, 3.8) is 0 Å². The lowest BCUT2D eigenvalue weighted by atomic mass is 9.95. The van der Waals surface area contributed by atoms with Crippen molar-refractivity contribution in [2.45, 2.75) is 51.4 Å². The average Bonchev–Trinajstić information content (AvgIpc) is 2.54. The first kappa shape index (κ1) is 20.5. The van der Waals surface area contributed by atoms with E-state index in [0.717, 1.165) is 12.5 Å². The fourth-order valence-corrected chi connectivity index (χ4v) is 2.66. The quantitative estimate of drug-likeness (QED) is 0.700. The third kappa shape index (κ3) is 4.86. The number of hydrogen-bond acceptors (Lipinski definition) is 4. The van der Waals surface area contributed by atoms with Crippen molar-refractivity contribution >= 4 is 11.6 Å². The van der Waals surface area contributed by atoms with Crippen LogP contribution in [0.3, 0.4) is 0 Å². The van der Waals surface area contributed by atoms with Gasteiger partial charge in [0.15, 0.2) is 0 Å². The van der Waals surface area contributed by atoms with E-state index in [1.807, 2.05) is 6.92 Å². The average molecular weight is 388 g/mol. The second kappa shape index (κ2) is 7.80. The van der Waals surface area contributed by atoms with E-state index in [1.54, 1.807) is 13.8 Å². The number of nitrogens with zero attached hydrogens (tertiary/aromatic N) is 2. The van der Waals surface area contributed by atoms with E-state index < -0.39 is 23.4 Å². The number of aromatic nitrogens is 2.